The summed E-state index contributed by atoms with van der Waals surface area (Å²) in [7, 11) is 3.22. The number of methoxy groups -OCH3 is 1. The van der Waals surface area contributed by atoms with Crippen molar-refractivity contribution >= 4 is 41.5 Å². The molecule has 0 spiro atoms. The van der Waals surface area contributed by atoms with Crippen LogP contribution in [0.25, 0.3) is 0 Å². The molecular formula is C17H21IN4O2. The number of aliphatic imine (C=N–C) groups is 1. The van der Waals surface area contributed by atoms with E-state index in [-0.39, 0.29) is 29.9 Å². The zero-order valence-corrected chi connectivity index (χ0v) is 15.9. The maximum Gasteiger partial charge on any atom is 0.251 e. The van der Waals surface area contributed by atoms with Crippen molar-refractivity contribution in [3.8, 4) is 5.75 Å². The molecule has 0 aromatic heterocycles. The number of halogens is 1. The lowest BCUT2D eigenvalue weighted by Crippen LogP contribution is -2.22. The van der Waals surface area contributed by atoms with Gasteiger partial charge in [-0.05, 0) is 42.0 Å². The fourth-order valence-corrected chi connectivity index (χ4v) is 1.99. The highest BCUT2D eigenvalue weighted by atomic mass is 127. The van der Waals surface area contributed by atoms with Gasteiger partial charge in [-0.15, -0.1) is 24.0 Å². The molecule has 24 heavy (non-hydrogen) atoms. The molecule has 0 saturated heterocycles. The average molecular weight is 440 g/mol. The Morgan fingerprint density at radius 1 is 1.21 bits per heavy atom. The molecule has 0 aliphatic rings. The molecule has 1 amide bonds. The number of anilines is 1. The lowest BCUT2D eigenvalue weighted by Gasteiger charge is -2.07. The number of nitrogens with zero attached hydrogens (tertiary/aromatic N) is 1. The van der Waals surface area contributed by atoms with Crippen molar-refractivity contribution in [3.63, 3.8) is 0 Å². The molecule has 0 fully saturated rings. The first-order valence-corrected chi connectivity index (χ1v) is 7.14. The third kappa shape index (κ3) is 5.73. The predicted octanol–water partition coefficient (Wildman–Crippen LogP) is 2.60. The highest BCUT2D eigenvalue weighted by molar-refractivity contribution is 14.0. The number of nitrogens with one attached hydrogen (secondary N) is 2. The number of benzene rings is 2. The predicted molar refractivity (Wildman–Crippen MR) is 107 cm³/mol. The second kappa shape index (κ2) is 9.76. The Hall–Kier alpha value is -2.29. The van der Waals surface area contributed by atoms with E-state index in [1.54, 1.807) is 26.3 Å². The van der Waals surface area contributed by atoms with Crippen molar-refractivity contribution in [2.45, 2.75) is 6.54 Å². The van der Waals surface area contributed by atoms with Gasteiger partial charge in [-0.2, -0.15) is 0 Å². The van der Waals surface area contributed by atoms with Gasteiger partial charge in [0.2, 0.25) is 0 Å². The molecule has 0 aliphatic carbocycles. The van der Waals surface area contributed by atoms with Crippen LogP contribution in [-0.4, -0.2) is 26.0 Å². The SMILES string of the molecule is CNC(=O)c1cccc(CN=C(N)Nc2ccc(OC)cc2)c1.I. The summed E-state index contributed by atoms with van der Waals surface area (Å²) < 4.78 is 5.10. The van der Waals surface area contributed by atoms with Crippen molar-refractivity contribution < 1.29 is 9.53 Å². The molecule has 0 heterocycles. The van der Waals surface area contributed by atoms with Crippen LogP contribution in [0.3, 0.4) is 0 Å². The maximum absolute atomic E-state index is 11.6. The van der Waals surface area contributed by atoms with Crippen molar-refractivity contribution in [2.24, 2.45) is 10.7 Å². The van der Waals surface area contributed by atoms with Crippen LogP contribution in [0.4, 0.5) is 5.69 Å². The van der Waals surface area contributed by atoms with E-state index in [2.05, 4.69) is 15.6 Å². The molecule has 0 radical (unpaired) electrons. The summed E-state index contributed by atoms with van der Waals surface area (Å²) in [6.45, 7) is 0.389. The van der Waals surface area contributed by atoms with Crippen molar-refractivity contribution in [1.82, 2.24) is 5.32 Å². The monoisotopic (exact) mass is 440 g/mol. The molecule has 0 bridgehead atoms. The number of hydrogen-bond donors (Lipinski definition) is 3. The van der Waals surface area contributed by atoms with Crippen LogP contribution in [0, 0.1) is 0 Å². The summed E-state index contributed by atoms with van der Waals surface area (Å²) in [6.07, 6.45) is 0. The van der Waals surface area contributed by atoms with Gasteiger partial charge in [-0.3, -0.25) is 4.79 Å². The fourth-order valence-electron chi connectivity index (χ4n) is 1.99. The van der Waals surface area contributed by atoms with Gasteiger partial charge in [-0.1, -0.05) is 12.1 Å². The van der Waals surface area contributed by atoms with Crippen LogP contribution < -0.4 is 21.1 Å². The first kappa shape index (κ1) is 19.8. The quantitative estimate of drug-likeness (QED) is 0.379. The molecule has 0 unspecified atom stereocenters. The minimum atomic E-state index is -0.125. The highest BCUT2D eigenvalue weighted by Crippen LogP contribution is 2.14. The Bertz CT molecular complexity index is 702. The second-order valence-corrected chi connectivity index (χ2v) is 4.83. The summed E-state index contributed by atoms with van der Waals surface area (Å²) in [5, 5.41) is 5.60. The molecule has 0 saturated carbocycles. The third-order valence-corrected chi connectivity index (χ3v) is 3.21. The molecule has 2 rings (SSSR count). The van der Waals surface area contributed by atoms with Crippen LogP contribution >= 0.6 is 24.0 Å². The molecule has 128 valence electrons. The van der Waals surface area contributed by atoms with Crippen LogP contribution in [0.2, 0.25) is 0 Å². The molecule has 4 N–H and O–H groups in total. The van der Waals surface area contributed by atoms with Crippen molar-refractivity contribution in [3.05, 3.63) is 59.7 Å². The van der Waals surface area contributed by atoms with Crippen LogP contribution in [0.15, 0.2) is 53.5 Å². The fraction of sp³-hybridized carbons (Fsp3) is 0.176. The van der Waals surface area contributed by atoms with E-state index in [9.17, 15) is 4.79 Å². The lowest BCUT2D eigenvalue weighted by atomic mass is 10.1. The van der Waals surface area contributed by atoms with Crippen LogP contribution in [0.1, 0.15) is 15.9 Å². The van der Waals surface area contributed by atoms with Gasteiger partial charge in [-0.25, -0.2) is 4.99 Å². The van der Waals surface area contributed by atoms with Gasteiger partial charge >= 0.3 is 0 Å². The Balaban J connectivity index is 0.00000288. The first-order chi connectivity index (χ1) is 11.1. The summed E-state index contributed by atoms with van der Waals surface area (Å²) in [5.41, 5.74) is 8.21. The van der Waals surface area contributed by atoms with E-state index < -0.39 is 0 Å². The Labute approximate surface area is 158 Å². The smallest absolute Gasteiger partial charge is 0.251 e. The Morgan fingerprint density at radius 2 is 1.92 bits per heavy atom. The average Bonchev–Trinajstić information content (AvgIpc) is 2.60. The van der Waals surface area contributed by atoms with E-state index in [0.717, 1.165) is 17.0 Å². The number of rotatable bonds is 5. The van der Waals surface area contributed by atoms with E-state index in [4.69, 9.17) is 10.5 Å². The minimum absolute atomic E-state index is 0. The number of guanidine groups is 1. The minimum Gasteiger partial charge on any atom is -0.497 e. The molecule has 0 aliphatic heterocycles. The van der Waals surface area contributed by atoms with E-state index in [1.807, 2.05) is 36.4 Å². The van der Waals surface area contributed by atoms with E-state index >= 15 is 0 Å². The normalized spacial score (nSPS) is 10.5. The van der Waals surface area contributed by atoms with Crippen molar-refractivity contribution in [1.29, 1.82) is 0 Å². The standard InChI is InChI=1S/C17H20N4O2.HI/c1-19-16(22)13-5-3-4-12(10-13)11-20-17(18)21-14-6-8-15(23-2)9-7-14;/h3-10H,11H2,1-2H3,(H,19,22)(H3,18,20,21);1H. The summed E-state index contributed by atoms with van der Waals surface area (Å²) in [5.74, 6) is 0.956. The third-order valence-electron chi connectivity index (χ3n) is 3.21. The lowest BCUT2D eigenvalue weighted by molar-refractivity contribution is 0.0963. The summed E-state index contributed by atoms with van der Waals surface area (Å²) >= 11 is 0. The first-order valence-electron chi connectivity index (χ1n) is 7.14. The topological polar surface area (TPSA) is 88.7 Å². The molecule has 0 atom stereocenters. The van der Waals surface area contributed by atoms with Crippen LogP contribution in [-0.2, 0) is 6.54 Å². The number of ether oxygens (including phenoxy) is 1. The van der Waals surface area contributed by atoms with Gasteiger partial charge in [0.25, 0.3) is 5.91 Å². The van der Waals surface area contributed by atoms with Crippen LogP contribution in [0.5, 0.6) is 5.75 Å². The van der Waals surface area contributed by atoms with E-state index in [1.165, 1.54) is 0 Å². The summed E-state index contributed by atoms with van der Waals surface area (Å²) in [4.78, 5) is 15.9. The highest BCUT2D eigenvalue weighted by Gasteiger charge is 2.03. The number of amides is 1. The van der Waals surface area contributed by atoms with Gasteiger partial charge in [0.15, 0.2) is 5.96 Å². The van der Waals surface area contributed by atoms with Gasteiger partial charge < -0.3 is 21.1 Å². The molecule has 7 heteroatoms. The van der Waals surface area contributed by atoms with Crippen molar-refractivity contribution in [2.75, 3.05) is 19.5 Å². The second-order valence-electron chi connectivity index (χ2n) is 4.83. The molecule has 2 aromatic carbocycles. The molecule has 6 nitrogen and oxygen atoms in total. The number of carbonyl (C=O) groups excluding carboxylic acids is 1. The van der Waals surface area contributed by atoms with E-state index in [0.29, 0.717) is 18.1 Å². The van der Waals surface area contributed by atoms with Gasteiger partial charge in [0.1, 0.15) is 5.75 Å². The maximum atomic E-state index is 11.6. The molecule has 2 aromatic rings. The largest absolute Gasteiger partial charge is 0.497 e. The Kier molecular flexibility index (Phi) is 8.03. The number of carbonyl (C=O) groups is 1. The number of hydrogen-bond acceptors (Lipinski definition) is 3. The van der Waals surface area contributed by atoms with Gasteiger partial charge in [0.05, 0.1) is 13.7 Å². The zero-order valence-electron chi connectivity index (χ0n) is 13.6. The molecular weight excluding hydrogens is 419 g/mol. The Morgan fingerprint density at radius 3 is 2.54 bits per heavy atom. The number of nitrogens with two attached hydrogens (primary N) is 1. The summed E-state index contributed by atoms with van der Waals surface area (Å²) in [6, 6.07) is 14.7. The zero-order chi connectivity index (χ0) is 16.7. The van der Waals surface area contributed by atoms with Gasteiger partial charge in [0, 0.05) is 18.3 Å².